The van der Waals surface area contributed by atoms with Gasteiger partial charge in [0.15, 0.2) is 0 Å². The molecule has 6 aromatic carbocycles. The summed E-state index contributed by atoms with van der Waals surface area (Å²) in [7, 11) is 0. The Morgan fingerprint density at radius 3 is 0.887 bits per heavy atom. The second kappa shape index (κ2) is 18.0. The summed E-state index contributed by atoms with van der Waals surface area (Å²) < 4.78 is 5.96. The van der Waals surface area contributed by atoms with Crippen LogP contribution in [-0.4, -0.2) is 18.4 Å². The van der Waals surface area contributed by atoms with Crippen LogP contribution in [0, 0.1) is 27.7 Å². The number of hydrogen-bond acceptors (Lipinski definition) is 0. The number of unbranched alkanes of at least 4 members (excludes halogenated alkanes) is 3. The Balaban J connectivity index is 1.99. The molecule has 0 radical (unpaired) electrons. The Morgan fingerprint density at radius 2 is 0.585 bits per heavy atom. The zero-order valence-corrected chi connectivity index (χ0v) is 36.3. The fourth-order valence-electron chi connectivity index (χ4n) is 8.50. The van der Waals surface area contributed by atoms with Crippen LogP contribution in [0.5, 0.6) is 0 Å². The van der Waals surface area contributed by atoms with Crippen LogP contribution in [0.4, 0.5) is 0 Å². The van der Waals surface area contributed by atoms with Gasteiger partial charge in [0.25, 0.3) is 0 Å². The molecule has 6 aromatic rings. The van der Waals surface area contributed by atoms with Crippen molar-refractivity contribution in [3.63, 3.8) is 0 Å². The first kappa shape index (κ1) is 38.8. The molecule has 0 nitrogen and oxygen atoms in total. The molecular formula is C52H60Sn. The van der Waals surface area contributed by atoms with E-state index >= 15 is 0 Å². The fourth-order valence-corrected chi connectivity index (χ4v) is 26.2. The van der Waals surface area contributed by atoms with E-state index in [-0.39, 0.29) is 0 Å². The molecule has 0 saturated carbocycles. The van der Waals surface area contributed by atoms with Crippen molar-refractivity contribution >= 4 is 22.0 Å². The van der Waals surface area contributed by atoms with Gasteiger partial charge in [-0.25, -0.2) is 0 Å². The quantitative estimate of drug-likeness (QED) is 0.0907. The van der Waals surface area contributed by atoms with E-state index < -0.39 is 18.4 Å². The van der Waals surface area contributed by atoms with E-state index in [2.05, 4.69) is 176 Å². The molecule has 0 saturated heterocycles. The summed E-state index contributed by atoms with van der Waals surface area (Å²) in [5, 5.41) is 0. The molecular weight excluding hydrogens is 743 g/mol. The van der Waals surface area contributed by atoms with Gasteiger partial charge in [0.1, 0.15) is 0 Å². The van der Waals surface area contributed by atoms with Crippen molar-refractivity contribution in [2.45, 2.75) is 100 Å². The second-order valence-corrected chi connectivity index (χ2v) is 28.7. The van der Waals surface area contributed by atoms with Crippen molar-refractivity contribution in [3.8, 4) is 55.6 Å². The van der Waals surface area contributed by atoms with E-state index in [1.165, 1.54) is 130 Å². The minimum atomic E-state index is -3.30. The summed E-state index contributed by atoms with van der Waals surface area (Å²) in [5.74, 6) is 0. The summed E-state index contributed by atoms with van der Waals surface area (Å²) in [4.78, 5) is 0. The van der Waals surface area contributed by atoms with E-state index in [1.54, 1.807) is 3.58 Å². The van der Waals surface area contributed by atoms with Crippen LogP contribution >= 0.6 is 0 Å². The number of hydrogen-bond donors (Lipinski definition) is 0. The Kier molecular flexibility index (Phi) is 13.2. The number of aryl methyl sites for hydroxylation is 4. The van der Waals surface area contributed by atoms with Crippen molar-refractivity contribution in [1.82, 2.24) is 0 Å². The van der Waals surface area contributed by atoms with Crippen molar-refractivity contribution in [2.75, 3.05) is 0 Å². The van der Waals surface area contributed by atoms with Crippen LogP contribution in [0.1, 0.15) is 81.5 Å². The summed E-state index contributed by atoms with van der Waals surface area (Å²) in [6.07, 6.45) is 7.66. The summed E-state index contributed by atoms with van der Waals surface area (Å²) >= 11 is -3.30. The zero-order valence-electron chi connectivity index (χ0n) is 33.5. The topological polar surface area (TPSA) is 0 Å². The molecule has 53 heavy (non-hydrogen) atoms. The molecule has 0 heterocycles. The van der Waals surface area contributed by atoms with Crippen molar-refractivity contribution < 1.29 is 0 Å². The Bertz CT molecular complexity index is 2050. The third-order valence-electron chi connectivity index (χ3n) is 11.5. The van der Waals surface area contributed by atoms with Gasteiger partial charge in [-0.15, -0.1) is 0 Å². The van der Waals surface area contributed by atoms with Crippen LogP contribution in [-0.2, 0) is 0 Å². The minimum absolute atomic E-state index is 1.24. The van der Waals surface area contributed by atoms with E-state index in [4.69, 9.17) is 0 Å². The van der Waals surface area contributed by atoms with Crippen LogP contribution < -0.4 is 3.58 Å². The van der Waals surface area contributed by atoms with Gasteiger partial charge < -0.3 is 0 Å². The molecule has 0 aromatic heterocycles. The van der Waals surface area contributed by atoms with E-state index in [0.717, 1.165) is 0 Å². The SMILES string of the molecule is CCC[CH2][Sn]([CH2]CCC)([CH2]CCC)[c]1c(-c2ccccc2)c(-c2ccc(C)cc2)c(-c2ccc(C)cc2)c(-c2ccc(C)cc2)c1-c1ccc(C)cc1. The van der Waals surface area contributed by atoms with E-state index in [1.807, 2.05) is 0 Å². The van der Waals surface area contributed by atoms with Crippen LogP contribution in [0.25, 0.3) is 55.6 Å². The first-order chi connectivity index (χ1) is 25.8. The molecule has 0 fully saturated rings. The molecule has 0 amide bonds. The molecule has 0 aliphatic rings. The van der Waals surface area contributed by atoms with Crippen LogP contribution in [0.3, 0.4) is 0 Å². The zero-order chi connectivity index (χ0) is 37.4. The van der Waals surface area contributed by atoms with Gasteiger partial charge in [0.05, 0.1) is 0 Å². The first-order valence-electron chi connectivity index (χ1n) is 20.4. The average molecular weight is 804 g/mol. The second-order valence-electron chi connectivity index (χ2n) is 15.7. The molecule has 0 unspecified atom stereocenters. The number of benzene rings is 6. The molecule has 0 spiro atoms. The first-order valence-corrected chi connectivity index (χ1v) is 27.9. The normalized spacial score (nSPS) is 11.6. The average Bonchev–Trinajstić information content (AvgIpc) is 3.18. The molecule has 0 aliphatic heterocycles. The molecule has 272 valence electrons. The Hall–Kier alpha value is -3.88. The molecule has 0 aliphatic carbocycles. The molecule has 0 N–H and O–H groups in total. The summed E-state index contributed by atoms with van der Waals surface area (Å²) in [6, 6.07) is 49.5. The fraction of sp³-hybridized carbons (Fsp3) is 0.308. The monoisotopic (exact) mass is 804 g/mol. The van der Waals surface area contributed by atoms with E-state index in [9.17, 15) is 0 Å². The maximum atomic E-state index is 2.45. The predicted molar refractivity (Wildman–Crippen MR) is 237 cm³/mol. The van der Waals surface area contributed by atoms with E-state index in [0.29, 0.717) is 0 Å². The third kappa shape index (κ3) is 8.60. The molecule has 6 rings (SSSR count). The van der Waals surface area contributed by atoms with Gasteiger partial charge in [-0.2, -0.15) is 0 Å². The van der Waals surface area contributed by atoms with Gasteiger partial charge in [-0.1, -0.05) is 0 Å². The standard InChI is InChI=1S/C40H33.3C4H9.Sn/c1-27-10-18-32(19-11-27)37-26-36(31-8-6-5-7-9-31)38(33-20-12-28(2)13-21-33)40(35-24-16-30(4)17-25-35)39(37)34-22-14-29(3)15-23-34;3*1-3-4-2;/h5-25H,1-4H3;3*1,3-4H2,2H3;. The summed E-state index contributed by atoms with van der Waals surface area (Å²) in [6.45, 7) is 16.1. The van der Waals surface area contributed by atoms with Crippen LogP contribution in [0.15, 0.2) is 127 Å². The Morgan fingerprint density at radius 1 is 0.321 bits per heavy atom. The third-order valence-corrected chi connectivity index (χ3v) is 27.2. The molecule has 1 heteroatoms. The summed E-state index contributed by atoms with van der Waals surface area (Å²) in [5.41, 5.74) is 19.0. The van der Waals surface area contributed by atoms with Gasteiger partial charge in [-0.3, -0.25) is 0 Å². The van der Waals surface area contributed by atoms with Crippen molar-refractivity contribution in [1.29, 1.82) is 0 Å². The van der Waals surface area contributed by atoms with Crippen LogP contribution in [0.2, 0.25) is 13.3 Å². The Labute approximate surface area is 325 Å². The number of rotatable bonds is 15. The van der Waals surface area contributed by atoms with Crippen molar-refractivity contribution in [3.05, 3.63) is 150 Å². The van der Waals surface area contributed by atoms with Gasteiger partial charge in [0, 0.05) is 0 Å². The van der Waals surface area contributed by atoms with Gasteiger partial charge >= 0.3 is 328 Å². The maximum absolute atomic E-state index is 3.30. The predicted octanol–water partition coefficient (Wildman–Crippen LogP) is 15.3. The van der Waals surface area contributed by atoms with Gasteiger partial charge in [0.2, 0.25) is 0 Å². The molecule has 0 bridgehead atoms. The molecule has 0 atom stereocenters. The van der Waals surface area contributed by atoms with Gasteiger partial charge in [-0.05, 0) is 0 Å². The van der Waals surface area contributed by atoms with Crippen molar-refractivity contribution in [2.24, 2.45) is 0 Å².